The number of piperidine rings is 1. The van der Waals surface area contributed by atoms with E-state index in [1.54, 1.807) is 23.1 Å². The van der Waals surface area contributed by atoms with Gasteiger partial charge in [0.05, 0.1) is 0 Å². The van der Waals surface area contributed by atoms with Crippen molar-refractivity contribution in [1.82, 2.24) is 0 Å². The van der Waals surface area contributed by atoms with Gasteiger partial charge in [-0.25, -0.2) is 0 Å². The molecule has 1 aliphatic rings. The van der Waals surface area contributed by atoms with Gasteiger partial charge in [0.1, 0.15) is 5.58 Å². The van der Waals surface area contributed by atoms with Crippen molar-refractivity contribution < 1.29 is 14.0 Å². The molecule has 5 nitrogen and oxygen atoms in total. The van der Waals surface area contributed by atoms with Crippen molar-refractivity contribution in [2.45, 2.75) is 19.3 Å². The minimum atomic E-state index is -0.294. The molecule has 0 unspecified atom stereocenters. The molecule has 1 N–H and O–H groups in total. The monoisotopic (exact) mass is 334 g/mol. The minimum absolute atomic E-state index is 0.158. The lowest BCUT2D eigenvalue weighted by Crippen LogP contribution is -2.35. The van der Waals surface area contributed by atoms with E-state index in [0.29, 0.717) is 17.7 Å². The summed E-state index contributed by atoms with van der Waals surface area (Å²) in [5.74, 6) is 0.139. The van der Waals surface area contributed by atoms with Crippen LogP contribution in [0.1, 0.15) is 29.8 Å². The van der Waals surface area contributed by atoms with Crippen molar-refractivity contribution in [3.8, 4) is 0 Å². The SMILES string of the molecule is O=C(Nc1ccc(N2CCCCC2=O)cc1)c1cc2ccccc2o1. The Balaban J connectivity index is 1.48. The molecule has 1 aliphatic heterocycles. The molecule has 3 aromatic rings. The van der Waals surface area contributed by atoms with Crippen LogP contribution >= 0.6 is 0 Å². The predicted molar refractivity (Wildman–Crippen MR) is 96.8 cm³/mol. The Bertz CT molecular complexity index is 895. The van der Waals surface area contributed by atoms with Crippen LogP contribution in [0.5, 0.6) is 0 Å². The van der Waals surface area contributed by atoms with Crippen LogP contribution in [0.15, 0.2) is 59.0 Å². The fourth-order valence-corrected chi connectivity index (χ4v) is 3.09. The third-order valence-corrected chi connectivity index (χ3v) is 4.41. The summed E-state index contributed by atoms with van der Waals surface area (Å²) in [5, 5.41) is 3.72. The first-order valence-corrected chi connectivity index (χ1v) is 8.41. The molecule has 0 aliphatic carbocycles. The number of nitrogens with one attached hydrogen (secondary N) is 1. The Labute approximate surface area is 145 Å². The average Bonchev–Trinajstić information content (AvgIpc) is 3.07. The summed E-state index contributed by atoms with van der Waals surface area (Å²) in [6, 6.07) is 16.6. The van der Waals surface area contributed by atoms with Crippen LogP contribution in [0.25, 0.3) is 11.0 Å². The zero-order chi connectivity index (χ0) is 17.2. The molecule has 5 heteroatoms. The van der Waals surface area contributed by atoms with Gasteiger partial charge in [0.2, 0.25) is 5.91 Å². The van der Waals surface area contributed by atoms with Crippen LogP contribution < -0.4 is 10.2 Å². The first-order chi connectivity index (χ1) is 12.2. The largest absolute Gasteiger partial charge is 0.451 e. The van der Waals surface area contributed by atoms with Crippen molar-refractivity contribution in [3.05, 3.63) is 60.4 Å². The summed E-state index contributed by atoms with van der Waals surface area (Å²) >= 11 is 0. The number of carbonyl (C=O) groups is 2. The van der Waals surface area contributed by atoms with Gasteiger partial charge in [-0.2, -0.15) is 0 Å². The van der Waals surface area contributed by atoms with Gasteiger partial charge in [0.25, 0.3) is 5.91 Å². The van der Waals surface area contributed by atoms with Crippen molar-refractivity contribution in [2.24, 2.45) is 0 Å². The molecular weight excluding hydrogens is 316 g/mol. The molecule has 126 valence electrons. The van der Waals surface area contributed by atoms with E-state index in [1.165, 1.54) is 0 Å². The van der Waals surface area contributed by atoms with Crippen molar-refractivity contribution in [1.29, 1.82) is 0 Å². The summed E-state index contributed by atoms with van der Waals surface area (Å²) in [7, 11) is 0. The molecule has 0 saturated carbocycles. The zero-order valence-electron chi connectivity index (χ0n) is 13.7. The second-order valence-electron chi connectivity index (χ2n) is 6.15. The van der Waals surface area contributed by atoms with Crippen molar-refractivity contribution in [3.63, 3.8) is 0 Å². The van der Waals surface area contributed by atoms with Gasteiger partial charge in [-0.3, -0.25) is 9.59 Å². The van der Waals surface area contributed by atoms with Gasteiger partial charge in [-0.1, -0.05) is 18.2 Å². The number of anilines is 2. The number of benzene rings is 2. The van der Waals surface area contributed by atoms with Crippen LogP contribution in [0.4, 0.5) is 11.4 Å². The normalized spacial score (nSPS) is 14.7. The Morgan fingerprint density at radius 3 is 2.60 bits per heavy atom. The molecule has 1 fully saturated rings. The summed E-state index contributed by atoms with van der Waals surface area (Å²) in [6.07, 6.45) is 2.59. The Hall–Kier alpha value is -3.08. The topological polar surface area (TPSA) is 62.6 Å². The molecule has 1 saturated heterocycles. The Morgan fingerprint density at radius 2 is 1.84 bits per heavy atom. The van der Waals surface area contributed by atoms with Gasteiger partial charge < -0.3 is 14.6 Å². The number of furan rings is 1. The van der Waals surface area contributed by atoms with E-state index in [4.69, 9.17) is 4.42 Å². The summed E-state index contributed by atoms with van der Waals surface area (Å²) in [5.41, 5.74) is 2.22. The Morgan fingerprint density at radius 1 is 1.04 bits per heavy atom. The number of hydrogen-bond acceptors (Lipinski definition) is 3. The number of para-hydroxylation sites is 1. The molecule has 2 aromatic carbocycles. The number of amides is 2. The standard InChI is InChI=1S/C20H18N2O3/c23-19-7-3-4-12-22(19)16-10-8-15(9-11-16)21-20(24)18-13-14-5-1-2-6-17(14)25-18/h1-2,5-6,8-11,13H,3-4,7,12H2,(H,21,24). The lowest BCUT2D eigenvalue weighted by molar-refractivity contribution is -0.119. The first kappa shape index (κ1) is 15.4. The summed E-state index contributed by atoms with van der Waals surface area (Å²) in [4.78, 5) is 26.1. The summed E-state index contributed by atoms with van der Waals surface area (Å²) < 4.78 is 5.57. The van der Waals surface area contributed by atoms with Gasteiger partial charge >= 0.3 is 0 Å². The zero-order valence-corrected chi connectivity index (χ0v) is 13.7. The van der Waals surface area contributed by atoms with Crippen molar-refractivity contribution in [2.75, 3.05) is 16.8 Å². The van der Waals surface area contributed by atoms with Crippen LogP contribution in [-0.4, -0.2) is 18.4 Å². The van der Waals surface area contributed by atoms with Gasteiger partial charge in [-0.15, -0.1) is 0 Å². The number of fused-ring (bicyclic) bond motifs is 1. The second kappa shape index (κ2) is 6.43. The van der Waals surface area contributed by atoms with Crippen LogP contribution in [0.3, 0.4) is 0 Å². The maximum atomic E-state index is 12.4. The van der Waals surface area contributed by atoms with E-state index in [1.807, 2.05) is 36.4 Å². The molecule has 0 atom stereocenters. The minimum Gasteiger partial charge on any atom is -0.451 e. The number of nitrogens with zero attached hydrogens (tertiary/aromatic N) is 1. The quantitative estimate of drug-likeness (QED) is 0.781. The molecule has 0 radical (unpaired) electrons. The average molecular weight is 334 g/mol. The number of rotatable bonds is 3. The highest BCUT2D eigenvalue weighted by molar-refractivity contribution is 6.04. The Kier molecular flexibility index (Phi) is 3.98. The maximum Gasteiger partial charge on any atom is 0.291 e. The molecule has 0 spiro atoms. The van der Waals surface area contributed by atoms with E-state index in [0.717, 1.165) is 30.5 Å². The third kappa shape index (κ3) is 3.13. The van der Waals surface area contributed by atoms with Crippen LogP contribution in [0, 0.1) is 0 Å². The smallest absolute Gasteiger partial charge is 0.291 e. The van der Waals surface area contributed by atoms with Crippen molar-refractivity contribution >= 4 is 34.2 Å². The lowest BCUT2D eigenvalue weighted by Gasteiger charge is -2.26. The van der Waals surface area contributed by atoms with E-state index in [9.17, 15) is 9.59 Å². The maximum absolute atomic E-state index is 12.4. The molecule has 0 bridgehead atoms. The predicted octanol–water partition coefficient (Wildman–Crippen LogP) is 4.20. The highest BCUT2D eigenvalue weighted by Gasteiger charge is 2.19. The van der Waals surface area contributed by atoms with E-state index >= 15 is 0 Å². The molecular formula is C20H18N2O3. The second-order valence-corrected chi connectivity index (χ2v) is 6.15. The summed E-state index contributed by atoms with van der Waals surface area (Å²) in [6.45, 7) is 0.753. The molecule has 4 rings (SSSR count). The van der Waals surface area contributed by atoms with E-state index in [2.05, 4.69) is 5.32 Å². The van der Waals surface area contributed by atoms with Crippen LogP contribution in [0.2, 0.25) is 0 Å². The fraction of sp³-hybridized carbons (Fsp3) is 0.200. The third-order valence-electron chi connectivity index (χ3n) is 4.41. The molecule has 2 heterocycles. The highest BCUT2D eigenvalue weighted by atomic mass is 16.3. The van der Waals surface area contributed by atoms with Gasteiger partial charge in [0.15, 0.2) is 5.76 Å². The van der Waals surface area contributed by atoms with Gasteiger partial charge in [-0.05, 0) is 49.2 Å². The first-order valence-electron chi connectivity index (χ1n) is 8.41. The number of hydrogen-bond donors (Lipinski definition) is 1. The molecule has 1 aromatic heterocycles. The van der Waals surface area contributed by atoms with Gasteiger partial charge in [0, 0.05) is 29.7 Å². The fourth-order valence-electron chi connectivity index (χ4n) is 3.09. The highest BCUT2D eigenvalue weighted by Crippen LogP contribution is 2.24. The van der Waals surface area contributed by atoms with E-state index < -0.39 is 0 Å². The number of carbonyl (C=O) groups excluding carboxylic acids is 2. The molecule has 25 heavy (non-hydrogen) atoms. The lowest BCUT2D eigenvalue weighted by atomic mass is 10.1. The molecule has 2 amide bonds. The van der Waals surface area contributed by atoms with Crippen LogP contribution in [-0.2, 0) is 4.79 Å². The van der Waals surface area contributed by atoms with E-state index in [-0.39, 0.29) is 17.6 Å².